The molecule has 152 valence electrons. The Morgan fingerprint density at radius 3 is 2.71 bits per heavy atom. The maximum atomic E-state index is 13.1. The second-order valence-electron chi connectivity index (χ2n) is 8.12. The molecule has 0 unspecified atom stereocenters. The van der Waals surface area contributed by atoms with Crippen LogP contribution in [-0.2, 0) is 23.9 Å². The number of Topliss-reactive ketones (excluding diaryl/α,β-unsaturated/α-hetero) is 2. The van der Waals surface area contributed by atoms with Crippen molar-refractivity contribution in [3.63, 3.8) is 0 Å². The van der Waals surface area contributed by atoms with Crippen LogP contribution in [0.3, 0.4) is 0 Å². The topological polar surface area (TPSA) is 69.7 Å². The molecule has 3 atom stereocenters. The molecule has 2 aliphatic heterocycles. The number of hydrogen-bond acceptors (Lipinski definition) is 5. The number of esters is 1. The second kappa shape index (κ2) is 8.46. The van der Waals surface area contributed by atoms with Gasteiger partial charge in [-0.15, -0.1) is 0 Å². The fourth-order valence-corrected chi connectivity index (χ4v) is 4.51. The molecular weight excluding hydrogens is 356 g/mol. The summed E-state index contributed by atoms with van der Waals surface area (Å²) in [4.78, 5) is 38.5. The molecule has 1 saturated heterocycles. The van der Waals surface area contributed by atoms with Gasteiger partial charge in [0.25, 0.3) is 0 Å². The highest BCUT2D eigenvalue weighted by atomic mass is 16.6. The molecule has 0 bridgehead atoms. The summed E-state index contributed by atoms with van der Waals surface area (Å²) in [7, 11) is 0. The van der Waals surface area contributed by atoms with Crippen molar-refractivity contribution in [2.45, 2.75) is 71.3 Å². The quantitative estimate of drug-likeness (QED) is 0.355. The molecule has 1 aliphatic carbocycles. The van der Waals surface area contributed by atoms with Gasteiger partial charge in [-0.1, -0.05) is 38.7 Å². The van der Waals surface area contributed by atoms with E-state index >= 15 is 0 Å². The van der Waals surface area contributed by atoms with Crippen LogP contribution in [0.15, 0.2) is 35.1 Å². The molecule has 0 aromatic heterocycles. The van der Waals surface area contributed by atoms with Crippen molar-refractivity contribution in [3.05, 3.63) is 35.1 Å². The molecule has 5 heteroatoms. The Labute approximate surface area is 166 Å². The lowest BCUT2D eigenvalue weighted by Crippen LogP contribution is -2.48. The minimum Gasteiger partial charge on any atom is -0.489 e. The van der Waals surface area contributed by atoms with E-state index < -0.39 is 23.4 Å². The highest BCUT2D eigenvalue weighted by Gasteiger charge is 2.61. The zero-order valence-electron chi connectivity index (χ0n) is 17.1. The zero-order chi connectivity index (χ0) is 20.3. The third kappa shape index (κ3) is 3.71. The Bertz CT molecular complexity index is 757. The molecule has 0 amide bonds. The molecule has 1 fully saturated rings. The van der Waals surface area contributed by atoms with Crippen molar-refractivity contribution in [2.24, 2.45) is 11.8 Å². The van der Waals surface area contributed by atoms with Crippen LogP contribution in [0, 0.1) is 11.8 Å². The molecule has 3 aliphatic rings. The minimum absolute atomic E-state index is 0.0863. The van der Waals surface area contributed by atoms with E-state index in [1.54, 1.807) is 6.92 Å². The van der Waals surface area contributed by atoms with Crippen molar-refractivity contribution in [1.82, 2.24) is 0 Å². The Hall–Kier alpha value is -2.17. The molecule has 0 aromatic rings. The van der Waals surface area contributed by atoms with Gasteiger partial charge in [0.1, 0.15) is 24.1 Å². The monoisotopic (exact) mass is 386 g/mol. The smallest absolute Gasteiger partial charge is 0.317 e. The molecule has 0 spiro atoms. The van der Waals surface area contributed by atoms with Crippen LogP contribution < -0.4 is 0 Å². The minimum atomic E-state index is -1.26. The summed E-state index contributed by atoms with van der Waals surface area (Å²) < 4.78 is 11.2. The van der Waals surface area contributed by atoms with Gasteiger partial charge in [-0.05, 0) is 44.4 Å². The summed E-state index contributed by atoms with van der Waals surface area (Å²) in [5, 5.41) is 0. The predicted molar refractivity (Wildman–Crippen MR) is 105 cm³/mol. The molecule has 28 heavy (non-hydrogen) atoms. The van der Waals surface area contributed by atoms with Crippen LogP contribution in [0.4, 0.5) is 0 Å². The highest BCUT2D eigenvalue weighted by molar-refractivity contribution is 6.10. The van der Waals surface area contributed by atoms with Crippen molar-refractivity contribution < 1.29 is 23.9 Å². The average molecular weight is 386 g/mol. The first-order valence-electron chi connectivity index (χ1n) is 10.4. The Morgan fingerprint density at radius 2 is 2.00 bits per heavy atom. The Morgan fingerprint density at radius 1 is 1.25 bits per heavy atom. The highest BCUT2D eigenvalue weighted by Crippen LogP contribution is 2.48. The van der Waals surface area contributed by atoms with Gasteiger partial charge < -0.3 is 9.47 Å². The summed E-state index contributed by atoms with van der Waals surface area (Å²) in [5.41, 5.74) is 0.173. The van der Waals surface area contributed by atoms with Gasteiger partial charge in [0.2, 0.25) is 5.78 Å². The van der Waals surface area contributed by atoms with E-state index in [1.165, 1.54) is 0 Å². The van der Waals surface area contributed by atoms with Crippen LogP contribution >= 0.6 is 0 Å². The van der Waals surface area contributed by atoms with Crippen LogP contribution in [0.1, 0.15) is 65.7 Å². The molecule has 0 saturated carbocycles. The molecule has 3 rings (SSSR count). The zero-order valence-corrected chi connectivity index (χ0v) is 17.1. The van der Waals surface area contributed by atoms with Crippen molar-refractivity contribution in [3.8, 4) is 0 Å². The fraction of sp³-hybridized carbons (Fsp3) is 0.609. The normalized spacial score (nSPS) is 29.3. The lowest BCUT2D eigenvalue weighted by Gasteiger charge is -2.37. The van der Waals surface area contributed by atoms with Crippen LogP contribution in [0.25, 0.3) is 0 Å². The van der Waals surface area contributed by atoms with Crippen LogP contribution in [0.2, 0.25) is 0 Å². The average Bonchev–Trinajstić information content (AvgIpc) is 2.92. The van der Waals surface area contributed by atoms with Crippen molar-refractivity contribution in [2.75, 3.05) is 6.61 Å². The molecule has 0 radical (unpaired) electrons. The number of ketones is 2. The van der Waals surface area contributed by atoms with Gasteiger partial charge in [0, 0.05) is 17.9 Å². The first kappa shape index (κ1) is 20.6. The maximum Gasteiger partial charge on any atom is 0.317 e. The van der Waals surface area contributed by atoms with Gasteiger partial charge >= 0.3 is 5.97 Å². The standard InChI is InChI=1S/C23H30O5/c1-4-6-7-8-9-11-19(24)20-18-13-15-12-16(10-5-2)27-14-17(15)21(25)23(18,3)28-22(20)26/h5,10,12,18,20H,4,6-9,11,13-14H2,1-3H3/t18-,20+,23-/m1/s1. The number of allylic oxidation sites excluding steroid dienone is 4. The Balaban J connectivity index is 1.78. The van der Waals surface area contributed by atoms with Gasteiger partial charge in [0.05, 0.1) is 0 Å². The van der Waals surface area contributed by atoms with E-state index in [0.717, 1.165) is 37.7 Å². The first-order chi connectivity index (χ1) is 13.4. The number of carbonyl (C=O) groups excluding carboxylic acids is 3. The van der Waals surface area contributed by atoms with Crippen molar-refractivity contribution in [1.29, 1.82) is 0 Å². The lowest BCUT2D eigenvalue weighted by molar-refractivity contribution is -0.157. The van der Waals surface area contributed by atoms with E-state index in [2.05, 4.69) is 6.92 Å². The second-order valence-corrected chi connectivity index (χ2v) is 8.12. The number of fused-ring (bicyclic) bond motifs is 1. The number of hydrogen-bond donors (Lipinski definition) is 0. The van der Waals surface area contributed by atoms with Gasteiger partial charge in [-0.25, -0.2) is 0 Å². The summed E-state index contributed by atoms with van der Waals surface area (Å²) in [5.74, 6) is -1.43. The van der Waals surface area contributed by atoms with Crippen LogP contribution in [0.5, 0.6) is 0 Å². The fourth-order valence-electron chi connectivity index (χ4n) is 4.51. The summed E-state index contributed by atoms with van der Waals surface area (Å²) >= 11 is 0. The van der Waals surface area contributed by atoms with Crippen molar-refractivity contribution >= 4 is 17.5 Å². The third-order valence-electron chi connectivity index (χ3n) is 6.13. The molecule has 0 aromatic carbocycles. The third-order valence-corrected chi connectivity index (χ3v) is 6.13. The van der Waals surface area contributed by atoms with E-state index in [9.17, 15) is 14.4 Å². The van der Waals surface area contributed by atoms with Gasteiger partial charge in [-0.2, -0.15) is 0 Å². The molecular formula is C23H30O5. The summed E-state index contributed by atoms with van der Waals surface area (Å²) in [6.07, 6.45) is 11.6. The van der Waals surface area contributed by atoms with E-state index in [1.807, 2.05) is 25.2 Å². The number of rotatable bonds is 8. The number of carbonyl (C=O) groups is 3. The first-order valence-corrected chi connectivity index (χ1v) is 10.4. The molecule has 2 heterocycles. The largest absolute Gasteiger partial charge is 0.489 e. The van der Waals surface area contributed by atoms with E-state index in [-0.39, 0.29) is 18.2 Å². The Kier molecular flexibility index (Phi) is 6.21. The van der Waals surface area contributed by atoms with Gasteiger partial charge in [0.15, 0.2) is 5.60 Å². The molecule has 0 N–H and O–H groups in total. The molecule has 5 nitrogen and oxygen atoms in total. The summed E-state index contributed by atoms with van der Waals surface area (Å²) in [6, 6.07) is 0. The van der Waals surface area contributed by atoms with Gasteiger partial charge in [-0.3, -0.25) is 14.4 Å². The van der Waals surface area contributed by atoms with Crippen LogP contribution in [-0.4, -0.2) is 29.7 Å². The number of unbranched alkanes of at least 4 members (excludes halogenated alkanes) is 4. The van der Waals surface area contributed by atoms with E-state index in [0.29, 0.717) is 24.2 Å². The number of ether oxygens (including phenoxy) is 2. The maximum absolute atomic E-state index is 13.1. The summed E-state index contributed by atoms with van der Waals surface area (Å²) in [6.45, 7) is 5.88. The SMILES string of the molecule is CC=CC1=CC2=C(CO1)C(=O)[C@]1(C)OC(=O)[C@H](C(=O)CCCCCCC)[C@H]1C2. The van der Waals surface area contributed by atoms with E-state index in [4.69, 9.17) is 9.47 Å². The lowest BCUT2D eigenvalue weighted by atomic mass is 9.67. The predicted octanol–water partition coefficient (Wildman–Crippen LogP) is 4.22.